The number of nitrogens with zero attached hydrogens (tertiary/aromatic N) is 1. The van der Waals surface area contributed by atoms with Gasteiger partial charge in [0.1, 0.15) is 6.61 Å². The SMILES string of the molecule is CC1=C(/C=C/C(C)=C/C=C/C(C)=C/COC(=O)CCCN(C)C)C(C)(C)CCC1. The van der Waals surface area contributed by atoms with Crippen LogP contribution in [0.25, 0.3) is 0 Å². The molecule has 0 N–H and O–H groups in total. The van der Waals surface area contributed by atoms with Crippen molar-refractivity contribution in [2.45, 2.75) is 66.7 Å². The predicted molar refractivity (Wildman–Crippen MR) is 125 cm³/mol. The lowest BCUT2D eigenvalue weighted by Gasteiger charge is -2.32. The Balaban J connectivity index is 2.48. The smallest absolute Gasteiger partial charge is 0.306 e. The van der Waals surface area contributed by atoms with E-state index in [1.807, 2.05) is 33.2 Å². The van der Waals surface area contributed by atoms with Gasteiger partial charge >= 0.3 is 5.97 Å². The summed E-state index contributed by atoms with van der Waals surface area (Å²) in [6, 6.07) is 0. The van der Waals surface area contributed by atoms with Crippen LogP contribution in [0.2, 0.25) is 0 Å². The Morgan fingerprint density at radius 1 is 1.17 bits per heavy atom. The van der Waals surface area contributed by atoms with E-state index in [1.54, 1.807) is 0 Å². The first-order valence-electron chi connectivity index (χ1n) is 10.8. The zero-order chi connectivity index (χ0) is 21.9. The third-order valence-electron chi connectivity index (χ3n) is 5.41. The molecule has 0 aromatic rings. The molecule has 0 unspecified atom stereocenters. The van der Waals surface area contributed by atoms with Crippen molar-refractivity contribution in [2.24, 2.45) is 5.41 Å². The van der Waals surface area contributed by atoms with Gasteiger partial charge < -0.3 is 9.64 Å². The molecule has 0 saturated heterocycles. The zero-order valence-electron chi connectivity index (χ0n) is 19.7. The van der Waals surface area contributed by atoms with Crippen molar-refractivity contribution >= 4 is 5.97 Å². The second-order valence-electron chi connectivity index (χ2n) is 9.07. The molecule has 1 aliphatic carbocycles. The van der Waals surface area contributed by atoms with E-state index < -0.39 is 0 Å². The number of allylic oxidation sites excluding steroid dienone is 9. The van der Waals surface area contributed by atoms with Gasteiger partial charge in [0.15, 0.2) is 0 Å². The number of hydrogen-bond acceptors (Lipinski definition) is 3. The van der Waals surface area contributed by atoms with Gasteiger partial charge in [0, 0.05) is 6.42 Å². The fourth-order valence-electron chi connectivity index (χ4n) is 3.58. The molecule has 0 bridgehead atoms. The normalized spacial score (nSPS) is 18.3. The highest BCUT2D eigenvalue weighted by atomic mass is 16.5. The molecule has 0 aromatic carbocycles. The summed E-state index contributed by atoms with van der Waals surface area (Å²) in [6.45, 7) is 12.3. The van der Waals surface area contributed by atoms with Crippen molar-refractivity contribution in [3.8, 4) is 0 Å². The first-order valence-corrected chi connectivity index (χ1v) is 10.8. The molecule has 0 saturated carbocycles. The second kappa shape index (κ2) is 12.6. The van der Waals surface area contributed by atoms with E-state index in [-0.39, 0.29) is 11.4 Å². The molecule has 0 atom stereocenters. The maximum Gasteiger partial charge on any atom is 0.306 e. The fourth-order valence-corrected chi connectivity index (χ4v) is 3.58. The van der Waals surface area contributed by atoms with Gasteiger partial charge in [0.25, 0.3) is 0 Å². The summed E-state index contributed by atoms with van der Waals surface area (Å²) in [5.41, 5.74) is 5.60. The van der Waals surface area contributed by atoms with Crippen LogP contribution in [0.5, 0.6) is 0 Å². The van der Waals surface area contributed by atoms with Crippen LogP contribution < -0.4 is 0 Å². The Morgan fingerprint density at radius 2 is 1.90 bits per heavy atom. The largest absolute Gasteiger partial charge is 0.461 e. The Morgan fingerprint density at radius 3 is 2.55 bits per heavy atom. The van der Waals surface area contributed by atoms with Crippen LogP contribution in [0.3, 0.4) is 0 Å². The highest BCUT2D eigenvalue weighted by molar-refractivity contribution is 5.69. The topological polar surface area (TPSA) is 29.5 Å². The molecule has 0 heterocycles. The summed E-state index contributed by atoms with van der Waals surface area (Å²) in [7, 11) is 4.01. The van der Waals surface area contributed by atoms with Gasteiger partial charge in [-0.05, 0) is 84.2 Å². The van der Waals surface area contributed by atoms with E-state index in [0.717, 1.165) is 18.5 Å². The monoisotopic (exact) mass is 399 g/mol. The summed E-state index contributed by atoms with van der Waals surface area (Å²) >= 11 is 0. The molecule has 0 fully saturated rings. The minimum absolute atomic E-state index is 0.129. The maximum absolute atomic E-state index is 11.7. The number of carbonyl (C=O) groups excluding carboxylic acids is 1. The Labute approximate surface area is 178 Å². The van der Waals surface area contributed by atoms with Crippen molar-refractivity contribution in [1.82, 2.24) is 4.90 Å². The lowest BCUT2D eigenvalue weighted by atomic mass is 9.72. The molecule has 0 amide bonds. The predicted octanol–water partition coefficient (Wildman–Crippen LogP) is 6.40. The molecule has 162 valence electrons. The number of rotatable bonds is 10. The maximum atomic E-state index is 11.7. The van der Waals surface area contributed by atoms with Crippen LogP contribution in [0, 0.1) is 5.41 Å². The quantitative estimate of drug-likeness (QED) is 0.314. The van der Waals surface area contributed by atoms with Crippen molar-refractivity contribution in [1.29, 1.82) is 0 Å². The third-order valence-corrected chi connectivity index (χ3v) is 5.41. The van der Waals surface area contributed by atoms with E-state index in [9.17, 15) is 4.79 Å². The van der Waals surface area contributed by atoms with Crippen LogP contribution in [0.1, 0.15) is 66.7 Å². The van der Waals surface area contributed by atoms with Gasteiger partial charge in [-0.3, -0.25) is 4.79 Å². The van der Waals surface area contributed by atoms with E-state index in [0.29, 0.717) is 13.0 Å². The molecule has 3 heteroatoms. The Kier molecular flexibility index (Phi) is 11.0. The summed E-state index contributed by atoms with van der Waals surface area (Å²) in [5.74, 6) is -0.129. The Hall–Kier alpha value is -1.87. The first-order chi connectivity index (χ1) is 13.6. The molecule has 29 heavy (non-hydrogen) atoms. The van der Waals surface area contributed by atoms with Gasteiger partial charge in [-0.2, -0.15) is 0 Å². The zero-order valence-corrected chi connectivity index (χ0v) is 19.7. The van der Waals surface area contributed by atoms with Gasteiger partial charge in [-0.25, -0.2) is 0 Å². The van der Waals surface area contributed by atoms with Crippen molar-refractivity contribution < 1.29 is 9.53 Å². The Bertz CT molecular complexity index is 687. The van der Waals surface area contributed by atoms with Crippen LogP contribution in [0.4, 0.5) is 0 Å². The van der Waals surface area contributed by atoms with Crippen LogP contribution in [0.15, 0.2) is 58.7 Å². The molecule has 3 nitrogen and oxygen atoms in total. The fraction of sp³-hybridized carbons (Fsp3) is 0.577. The van der Waals surface area contributed by atoms with Crippen molar-refractivity contribution in [3.05, 3.63) is 58.7 Å². The second-order valence-corrected chi connectivity index (χ2v) is 9.07. The van der Waals surface area contributed by atoms with E-state index in [4.69, 9.17) is 4.74 Å². The molecule has 0 aromatic heterocycles. The van der Waals surface area contributed by atoms with E-state index in [2.05, 4.69) is 56.9 Å². The first kappa shape index (κ1) is 25.2. The van der Waals surface area contributed by atoms with Crippen molar-refractivity contribution in [2.75, 3.05) is 27.2 Å². The number of carbonyl (C=O) groups is 1. The van der Waals surface area contributed by atoms with Gasteiger partial charge in [-0.15, -0.1) is 0 Å². The highest BCUT2D eigenvalue weighted by Gasteiger charge is 2.26. The molecule has 1 rings (SSSR count). The van der Waals surface area contributed by atoms with Crippen LogP contribution in [-0.2, 0) is 9.53 Å². The van der Waals surface area contributed by atoms with E-state index >= 15 is 0 Å². The van der Waals surface area contributed by atoms with Crippen molar-refractivity contribution in [3.63, 3.8) is 0 Å². The summed E-state index contributed by atoms with van der Waals surface area (Å²) in [6.07, 6.45) is 17.8. The average molecular weight is 400 g/mol. The average Bonchev–Trinajstić information content (AvgIpc) is 2.60. The number of ether oxygens (including phenoxy) is 1. The highest BCUT2D eigenvalue weighted by Crippen LogP contribution is 2.40. The molecular weight excluding hydrogens is 358 g/mol. The van der Waals surface area contributed by atoms with Gasteiger partial charge in [0.2, 0.25) is 0 Å². The third kappa shape index (κ3) is 10.5. The minimum atomic E-state index is -0.129. The number of esters is 1. The van der Waals surface area contributed by atoms with E-state index in [1.165, 1.54) is 36.0 Å². The van der Waals surface area contributed by atoms with Crippen LogP contribution >= 0.6 is 0 Å². The van der Waals surface area contributed by atoms with Gasteiger partial charge in [-0.1, -0.05) is 60.9 Å². The molecule has 0 aliphatic heterocycles. The molecule has 1 aliphatic rings. The summed E-state index contributed by atoms with van der Waals surface area (Å²) in [4.78, 5) is 13.7. The summed E-state index contributed by atoms with van der Waals surface area (Å²) in [5, 5.41) is 0. The minimum Gasteiger partial charge on any atom is -0.461 e. The molecule has 0 radical (unpaired) electrons. The molecular formula is C26H41NO2. The van der Waals surface area contributed by atoms with Gasteiger partial charge in [0.05, 0.1) is 0 Å². The number of hydrogen-bond donors (Lipinski definition) is 0. The molecule has 0 spiro atoms. The van der Waals surface area contributed by atoms with Crippen LogP contribution in [-0.4, -0.2) is 38.1 Å². The lowest BCUT2D eigenvalue weighted by molar-refractivity contribution is -0.142. The lowest BCUT2D eigenvalue weighted by Crippen LogP contribution is -2.19. The standard InChI is InChI=1S/C26H41NO2/c1-21(15-16-24-23(3)13-9-18-26(24,4)5)11-8-12-22(2)17-20-29-25(28)14-10-19-27(6)7/h8,11-12,15-17H,9-10,13-14,18-20H2,1-7H3/b12-8+,16-15+,21-11+,22-17+. The summed E-state index contributed by atoms with van der Waals surface area (Å²) < 4.78 is 5.26.